The molecule has 2 heterocycles. The number of benzene rings is 1. The number of piperidine rings is 1. The van der Waals surface area contributed by atoms with Gasteiger partial charge in [0, 0.05) is 17.8 Å². The molecule has 1 atom stereocenters. The van der Waals surface area contributed by atoms with Crippen LogP contribution in [0.3, 0.4) is 0 Å². The molecule has 1 aliphatic rings. The maximum Gasteiger partial charge on any atom is 0.419 e. The van der Waals surface area contributed by atoms with Crippen molar-refractivity contribution < 1.29 is 13.2 Å². The molecule has 0 amide bonds. The summed E-state index contributed by atoms with van der Waals surface area (Å²) in [6, 6.07) is 9.59. The van der Waals surface area contributed by atoms with E-state index < -0.39 is 11.7 Å². The summed E-state index contributed by atoms with van der Waals surface area (Å²) in [5, 5.41) is 0.588. The molecule has 0 aliphatic carbocycles. The molecule has 1 unspecified atom stereocenters. The normalized spacial score (nSPS) is 19.0. The molecule has 0 radical (unpaired) electrons. The Kier molecular flexibility index (Phi) is 4.48. The molecular formula is C17H16ClF3N2. The zero-order valence-electron chi connectivity index (χ0n) is 12.4. The van der Waals surface area contributed by atoms with Gasteiger partial charge in [0.2, 0.25) is 0 Å². The number of nitrogens with zero attached hydrogens (tertiary/aromatic N) is 2. The summed E-state index contributed by atoms with van der Waals surface area (Å²) in [6.45, 7) is 0.553. The second kappa shape index (κ2) is 6.40. The average Bonchev–Trinajstić information content (AvgIpc) is 2.54. The molecule has 0 saturated carbocycles. The van der Waals surface area contributed by atoms with E-state index in [4.69, 9.17) is 11.6 Å². The van der Waals surface area contributed by atoms with Crippen molar-refractivity contribution in [3.8, 4) is 0 Å². The highest BCUT2D eigenvalue weighted by Gasteiger charge is 2.37. The lowest BCUT2D eigenvalue weighted by Gasteiger charge is -2.38. The van der Waals surface area contributed by atoms with Crippen LogP contribution in [0.1, 0.15) is 36.4 Å². The van der Waals surface area contributed by atoms with Gasteiger partial charge < -0.3 is 4.90 Å². The second-order valence-corrected chi connectivity index (χ2v) is 6.07. The summed E-state index contributed by atoms with van der Waals surface area (Å²) in [6.07, 6.45) is -0.394. The van der Waals surface area contributed by atoms with Crippen molar-refractivity contribution in [3.63, 3.8) is 0 Å². The molecule has 2 aromatic rings. The lowest BCUT2D eigenvalue weighted by atomic mass is 9.94. The number of aromatic nitrogens is 1. The fourth-order valence-corrected chi connectivity index (χ4v) is 3.29. The van der Waals surface area contributed by atoms with Gasteiger partial charge in [-0.1, -0.05) is 23.7 Å². The highest BCUT2D eigenvalue weighted by Crippen LogP contribution is 2.41. The molecule has 0 bridgehead atoms. The van der Waals surface area contributed by atoms with Crippen molar-refractivity contribution in [1.29, 1.82) is 0 Å². The molecule has 0 N–H and O–H groups in total. The molecule has 23 heavy (non-hydrogen) atoms. The van der Waals surface area contributed by atoms with Gasteiger partial charge in [0.15, 0.2) is 0 Å². The molecule has 1 saturated heterocycles. The molecule has 3 rings (SSSR count). The van der Waals surface area contributed by atoms with Crippen LogP contribution in [0.25, 0.3) is 0 Å². The summed E-state index contributed by atoms with van der Waals surface area (Å²) < 4.78 is 39.9. The molecule has 122 valence electrons. The number of alkyl halides is 3. The number of hydrogen-bond donors (Lipinski definition) is 0. The van der Waals surface area contributed by atoms with Crippen LogP contribution in [-0.2, 0) is 6.18 Å². The Labute approximate surface area is 137 Å². The van der Waals surface area contributed by atoms with Gasteiger partial charge in [-0.05, 0) is 49.1 Å². The van der Waals surface area contributed by atoms with E-state index in [-0.39, 0.29) is 11.9 Å². The number of hydrogen-bond acceptors (Lipinski definition) is 2. The summed E-state index contributed by atoms with van der Waals surface area (Å²) in [5.74, 6) is 0.00433. The average molecular weight is 341 g/mol. The Hall–Kier alpha value is -1.75. The summed E-state index contributed by atoms with van der Waals surface area (Å²) in [5.41, 5.74) is 0.241. The first-order valence-corrected chi connectivity index (χ1v) is 7.89. The Morgan fingerprint density at radius 3 is 2.70 bits per heavy atom. The van der Waals surface area contributed by atoms with Gasteiger partial charge in [0.05, 0.1) is 11.6 Å². The molecule has 1 aromatic carbocycles. The van der Waals surface area contributed by atoms with Crippen LogP contribution in [0.4, 0.5) is 19.0 Å². The molecular weight excluding hydrogens is 325 g/mol. The van der Waals surface area contributed by atoms with Crippen LogP contribution in [0.15, 0.2) is 42.6 Å². The van der Waals surface area contributed by atoms with Gasteiger partial charge in [-0.15, -0.1) is 0 Å². The molecule has 1 fully saturated rings. The van der Waals surface area contributed by atoms with Gasteiger partial charge in [-0.3, -0.25) is 0 Å². The lowest BCUT2D eigenvalue weighted by Crippen LogP contribution is -2.35. The van der Waals surface area contributed by atoms with E-state index in [1.807, 2.05) is 18.2 Å². The first kappa shape index (κ1) is 16.1. The van der Waals surface area contributed by atoms with E-state index in [0.29, 0.717) is 11.6 Å². The lowest BCUT2D eigenvalue weighted by molar-refractivity contribution is -0.137. The van der Waals surface area contributed by atoms with Gasteiger partial charge >= 0.3 is 6.18 Å². The topological polar surface area (TPSA) is 16.1 Å². The van der Waals surface area contributed by atoms with E-state index in [1.165, 1.54) is 12.3 Å². The third-order valence-electron chi connectivity index (χ3n) is 4.10. The third kappa shape index (κ3) is 3.44. The van der Waals surface area contributed by atoms with Crippen molar-refractivity contribution in [2.24, 2.45) is 0 Å². The minimum atomic E-state index is -4.42. The molecule has 1 aliphatic heterocycles. The molecule has 2 nitrogen and oxygen atoms in total. The zero-order chi connectivity index (χ0) is 16.4. The number of anilines is 1. The SMILES string of the molecule is FC(F)(F)c1cccnc1N1CCCCC1c1cccc(Cl)c1. The van der Waals surface area contributed by atoms with Crippen molar-refractivity contribution >= 4 is 17.4 Å². The van der Waals surface area contributed by atoms with E-state index >= 15 is 0 Å². The Morgan fingerprint density at radius 2 is 1.96 bits per heavy atom. The predicted octanol–water partition coefficient (Wildman–Crippen LogP) is 5.49. The van der Waals surface area contributed by atoms with Crippen molar-refractivity contribution in [2.45, 2.75) is 31.5 Å². The molecule has 6 heteroatoms. The smallest absolute Gasteiger partial charge is 0.349 e. The van der Waals surface area contributed by atoms with E-state index in [2.05, 4.69) is 4.98 Å². The number of rotatable bonds is 2. The summed E-state index contributed by atoms with van der Waals surface area (Å²) in [4.78, 5) is 5.80. The largest absolute Gasteiger partial charge is 0.419 e. The van der Waals surface area contributed by atoms with Gasteiger partial charge in [-0.2, -0.15) is 13.2 Å². The highest BCUT2D eigenvalue weighted by molar-refractivity contribution is 6.30. The number of pyridine rings is 1. The van der Waals surface area contributed by atoms with Crippen molar-refractivity contribution in [1.82, 2.24) is 4.98 Å². The van der Waals surface area contributed by atoms with Crippen molar-refractivity contribution in [3.05, 3.63) is 58.7 Å². The predicted molar refractivity (Wildman–Crippen MR) is 84.6 cm³/mol. The van der Waals surface area contributed by atoms with E-state index in [1.54, 1.807) is 11.0 Å². The van der Waals surface area contributed by atoms with Gasteiger partial charge in [0.1, 0.15) is 5.82 Å². The Bertz CT molecular complexity index is 688. The quantitative estimate of drug-likeness (QED) is 0.719. The minimum absolute atomic E-state index is 0.00433. The third-order valence-corrected chi connectivity index (χ3v) is 4.34. The first-order chi connectivity index (χ1) is 11.0. The van der Waals surface area contributed by atoms with Gasteiger partial charge in [-0.25, -0.2) is 4.98 Å². The standard InChI is InChI=1S/C17H16ClF3N2/c18-13-6-3-5-12(11-13)15-8-1-2-10-23(15)16-14(17(19,20)21)7-4-9-22-16/h3-7,9,11,15H,1-2,8,10H2. The van der Waals surface area contributed by atoms with Crippen LogP contribution in [0.5, 0.6) is 0 Å². The highest BCUT2D eigenvalue weighted by atomic mass is 35.5. The first-order valence-electron chi connectivity index (χ1n) is 7.51. The van der Waals surface area contributed by atoms with Crippen LogP contribution in [0, 0.1) is 0 Å². The summed E-state index contributed by atoms with van der Waals surface area (Å²) >= 11 is 6.05. The van der Waals surface area contributed by atoms with Crippen LogP contribution >= 0.6 is 11.6 Å². The maximum absolute atomic E-state index is 13.3. The molecule has 1 aromatic heterocycles. The minimum Gasteiger partial charge on any atom is -0.349 e. The van der Waals surface area contributed by atoms with Crippen molar-refractivity contribution in [2.75, 3.05) is 11.4 Å². The second-order valence-electron chi connectivity index (χ2n) is 5.63. The fraction of sp³-hybridized carbons (Fsp3) is 0.353. The fourth-order valence-electron chi connectivity index (χ4n) is 3.09. The Morgan fingerprint density at radius 1 is 1.13 bits per heavy atom. The zero-order valence-corrected chi connectivity index (χ0v) is 13.1. The van der Waals surface area contributed by atoms with Crippen LogP contribution in [-0.4, -0.2) is 11.5 Å². The monoisotopic (exact) mass is 340 g/mol. The van der Waals surface area contributed by atoms with Crippen LogP contribution in [0.2, 0.25) is 5.02 Å². The maximum atomic E-state index is 13.3. The summed E-state index contributed by atoms with van der Waals surface area (Å²) in [7, 11) is 0. The van der Waals surface area contributed by atoms with E-state index in [0.717, 1.165) is 30.9 Å². The van der Waals surface area contributed by atoms with Crippen LogP contribution < -0.4 is 4.90 Å². The number of halogens is 4. The Balaban J connectivity index is 2.03. The van der Waals surface area contributed by atoms with Gasteiger partial charge in [0.25, 0.3) is 0 Å². The van der Waals surface area contributed by atoms with E-state index in [9.17, 15) is 13.2 Å². The molecule has 0 spiro atoms.